The zero-order valence-corrected chi connectivity index (χ0v) is 9.28. The Morgan fingerprint density at radius 1 is 1.35 bits per heavy atom. The minimum atomic E-state index is 0.312. The van der Waals surface area contributed by atoms with Gasteiger partial charge in [-0.25, -0.2) is 0 Å². The molecule has 86 valence electrons. The molecule has 5 nitrogen and oxygen atoms in total. The van der Waals surface area contributed by atoms with E-state index in [2.05, 4.69) is 15.1 Å². The van der Waals surface area contributed by atoms with Crippen molar-refractivity contribution in [1.82, 2.24) is 19.7 Å². The molecule has 1 aliphatic rings. The summed E-state index contributed by atoms with van der Waals surface area (Å²) in [6, 6.07) is 2.02. The molecule has 0 bridgehead atoms. The van der Waals surface area contributed by atoms with Crippen LogP contribution in [0.25, 0.3) is 11.4 Å². The Labute approximate surface area is 98.5 Å². The summed E-state index contributed by atoms with van der Waals surface area (Å²) >= 11 is 0. The van der Waals surface area contributed by atoms with E-state index < -0.39 is 0 Å². The Hall–Kier alpha value is -2.04. The third-order valence-electron chi connectivity index (χ3n) is 2.88. The molecular weight excluding hydrogens is 216 g/mol. The van der Waals surface area contributed by atoms with Gasteiger partial charge in [-0.05, 0) is 18.9 Å². The molecule has 0 aliphatic heterocycles. The summed E-state index contributed by atoms with van der Waals surface area (Å²) in [6.45, 7) is 0.312. The van der Waals surface area contributed by atoms with E-state index >= 15 is 0 Å². The predicted octanol–water partition coefficient (Wildman–Crippen LogP) is 1.42. The summed E-state index contributed by atoms with van der Waals surface area (Å²) in [5.41, 5.74) is 2.68. The fourth-order valence-corrected chi connectivity index (χ4v) is 1.91. The molecule has 1 fully saturated rings. The Morgan fingerprint density at radius 2 is 2.24 bits per heavy atom. The molecule has 0 spiro atoms. The van der Waals surface area contributed by atoms with Crippen molar-refractivity contribution in [3.05, 3.63) is 30.4 Å². The van der Waals surface area contributed by atoms with Gasteiger partial charge in [0.05, 0.1) is 12.7 Å². The van der Waals surface area contributed by atoms with Crippen LogP contribution in [0, 0.1) is 0 Å². The maximum Gasteiger partial charge on any atom is 0.141 e. The highest BCUT2D eigenvalue weighted by atomic mass is 16.1. The van der Waals surface area contributed by atoms with Crippen LogP contribution in [0.1, 0.15) is 24.5 Å². The Balaban J connectivity index is 2.00. The molecule has 2 heterocycles. The number of hydrogen-bond acceptors (Lipinski definition) is 4. The van der Waals surface area contributed by atoms with Gasteiger partial charge in [0.1, 0.15) is 17.7 Å². The molecule has 1 aliphatic carbocycles. The van der Waals surface area contributed by atoms with Gasteiger partial charge in [0.2, 0.25) is 0 Å². The van der Waals surface area contributed by atoms with E-state index in [0.29, 0.717) is 12.5 Å². The van der Waals surface area contributed by atoms with Gasteiger partial charge in [0.25, 0.3) is 0 Å². The summed E-state index contributed by atoms with van der Waals surface area (Å²) in [6.07, 6.45) is 8.21. The molecule has 3 rings (SSSR count). The first-order valence-corrected chi connectivity index (χ1v) is 5.66. The van der Waals surface area contributed by atoms with Crippen LogP contribution in [0.3, 0.4) is 0 Å². The van der Waals surface area contributed by atoms with E-state index in [0.717, 1.165) is 23.4 Å². The number of aromatic nitrogens is 4. The molecule has 0 atom stereocenters. The zero-order valence-electron chi connectivity index (χ0n) is 9.28. The van der Waals surface area contributed by atoms with Crippen molar-refractivity contribution in [2.24, 2.45) is 0 Å². The van der Waals surface area contributed by atoms with Crippen LogP contribution in [0.5, 0.6) is 0 Å². The third kappa shape index (κ3) is 1.95. The number of carbonyl (C=O) groups is 1. The average Bonchev–Trinajstić information content (AvgIpc) is 3.13. The lowest BCUT2D eigenvalue weighted by atomic mass is 10.2. The molecule has 17 heavy (non-hydrogen) atoms. The normalized spacial score (nSPS) is 14.8. The molecule has 0 radical (unpaired) electrons. The van der Waals surface area contributed by atoms with Gasteiger partial charge in [-0.1, -0.05) is 0 Å². The van der Waals surface area contributed by atoms with Crippen LogP contribution < -0.4 is 0 Å². The SMILES string of the molecule is O=CCn1nc(-c2cnccn2)cc1C1CC1. The fraction of sp³-hybridized carbons (Fsp3) is 0.333. The topological polar surface area (TPSA) is 60.7 Å². The highest BCUT2D eigenvalue weighted by Crippen LogP contribution is 2.41. The average molecular weight is 228 g/mol. The maximum absolute atomic E-state index is 10.6. The van der Waals surface area contributed by atoms with Crippen molar-refractivity contribution in [1.29, 1.82) is 0 Å². The molecule has 0 amide bonds. The second kappa shape index (κ2) is 4.08. The summed E-state index contributed by atoms with van der Waals surface area (Å²) < 4.78 is 1.77. The van der Waals surface area contributed by atoms with Crippen LogP contribution in [-0.2, 0) is 11.3 Å². The van der Waals surface area contributed by atoms with E-state index in [1.807, 2.05) is 6.07 Å². The lowest BCUT2D eigenvalue weighted by Crippen LogP contribution is -2.05. The molecule has 0 saturated heterocycles. The number of rotatable bonds is 4. The minimum Gasteiger partial charge on any atom is -0.301 e. The first kappa shape index (κ1) is 10.1. The van der Waals surface area contributed by atoms with E-state index in [-0.39, 0.29) is 0 Å². The number of carbonyl (C=O) groups excluding carboxylic acids is 1. The van der Waals surface area contributed by atoms with Crippen molar-refractivity contribution >= 4 is 6.29 Å². The monoisotopic (exact) mass is 228 g/mol. The minimum absolute atomic E-state index is 0.312. The summed E-state index contributed by atoms with van der Waals surface area (Å²) in [7, 11) is 0. The van der Waals surface area contributed by atoms with E-state index in [4.69, 9.17) is 0 Å². The van der Waals surface area contributed by atoms with E-state index in [1.165, 1.54) is 12.8 Å². The van der Waals surface area contributed by atoms with Crippen LogP contribution in [0.15, 0.2) is 24.7 Å². The Bertz CT molecular complexity index is 531. The predicted molar refractivity (Wildman–Crippen MR) is 61.3 cm³/mol. The van der Waals surface area contributed by atoms with Gasteiger partial charge >= 0.3 is 0 Å². The molecule has 2 aromatic heterocycles. The van der Waals surface area contributed by atoms with Crippen LogP contribution in [0.4, 0.5) is 0 Å². The second-order valence-electron chi connectivity index (χ2n) is 4.17. The van der Waals surface area contributed by atoms with Crippen molar-refractivity contribution < 1.29 is 4.79 Å². The molecule has 1 saturated carbocycles. The smallest absolute Gasteiger partial charge is 0.141 e. The Kier molecular flexibility index (Phi) is 2.44. The van der Waals surface area contributed by atoms with Crippen molar-refractivity contribution in [3.63, 3.8) is 0 Å². The largest absolute Gasteiger partial charge is 0.301 e. The fourth-order valence-electron chi connectivity index (χ4n) is 1.91. The zero-order chi connectivity index (χ0) is 11.7. The molecule has 0 N–H and O–H groups in total. The summed E-state index contributed by atoms with van der Waals surface area (Å²) in [5, 5.41) is 4.41. The Morgan fingerprint density at radius 3 is 2.88 bits per heavy atom. The van der Waals surface area contributed by atoms with Gasteiger partial charge in [-0.3, -0.25) is 14.6 Å². The van der Waals surface area contributed by atoms with Crippen molar-refractivity contribution in [2.45, 2.75) is 25.3 Å². The van der Waals surface area contributed by atoms with E-state index in [9.17, 15) is 4.79 Å². The van der Waals surface area contributed by atoms with Gasteiger partial charge in [-0.2, -0.15) is 5.10 Å². The number of hydrogen-bond donors (Lipinski definition) is 0. The van der Waals surface area contributed by atoms with Gasteiger partial charge in [0.15, 0.2) is 0 Å². The van der Waals surface area contributed by atoms with Crippen molar-refractivity contribution in [2.75, 3.05) is 0 Å². The van der Waals surface area contributed by atoms with Gasteiger partial charge in [-0.15, -0.1) is 0 Å². The quantitative estimate of drug-likeness (QED) is 0.742. The first-order chi connectivity index (χ1) is 8.38. The number of aldehydes is 1. The van der Waals surface area contributed by atoms with Crippen LogP contribution in [-0.4, -0.2) is 26.0 Å². The first-order valence-electron chi connectivity index (χ1n) is 5.66. The van der Waals surface area contributed by atoms with Crippen LogP contribution >= 0.6 is 0 Å². The highest BCUT2D eigenvalue weighted by Gasteiger charge is 2.28. The van der Waals surface area contributed by atoms with Crippen molar-refractivity contribution in [3.8, 4) is 11.4 Å². The summed E-state index contributed by atoms with van der Waals surface area (Å²) in [5.74, 6) is 0.563. The van der Waals surface area contributed by atoms with Gasteiger partial charge < -0.3 is 4.79 Å². The molecule has 0 aromatic carbocycles. The second-order valence-corrected chi connectivity index (χ2v) is 4.17. The standard InChI is InChI=1S/C12H12N4O/c17-6-5-16-12(9-1-2-9)7-10(15-16)11-8-13-3-4-14-11/h3-4,6-9H,1-2,5H2. The lowest BCUT2D eigenvalue weighted by molar-refractivity contribution is -0.108. The van der Waals surface area contributed by atoms with Crippen LogP contribution in [0.2, 0.25) is 0 Å². The maximum atomic E-state index is 10.6. The summed E-state index contributed by atoms with van der Waals surface area (Å²) in [4.78, 5) is 18.9. The molecule has 2 aromatic rings. The molecule has 5 heteroatoms. The highest BCUT2D eigenvalue weighted by molar-refractivity contribution is 5.55. The third-order valence-corrected chi connectivity index (χ3v) is 2.88. The molecular formula is C12H12N4O. The van der Waals surface area contributed by atoms with E-state index in [1.54, 1.807) is 23.3 Å². The lowest BCUT2D eigenvalue weighted by Gasteiger charge is -1.99. The van der Waals surface area contributed by atoms with Gasteiger partial charge in [0, 0.05) is 24.0 Å². The molecule has 0 unspecified atom stereocenters. The number of nitrogens with zero attached hydrogens (tertiary/aromatic N) is 4.